The molecule has 7 heteroatoms. The van der Waals surface area contributed by atoms with Gasteiger partial charge in [0.15, 0.2) is 6.61 Å². The van der Waals surface area contributed by atoms with Crippen molar-refractivity contribution < 1.29 is 19.1 Å². The van der Waals surface area contributed by atoms with Gasteiger partial charge in [-0.15, -0.1) is 11.3 Å². The van der Waals surface area contributed by atoms with Crippen LogP contribution in [0.4, 0.5) is 0 Å². The van der Waals surface area contributed by atoms with E-state index in [1.54, 1.807) is 6.07 Å². The lowest BCUT2D eigenvalue weighted by Gasteiger charge is -2.35. The molecule has 2 rings (SSSR count). The van der Waals surface area contributed by atoms with Crippen LogP contribution in [-0.4, -0.2) is 48.4 Å². The molecule has 1 fully saturated rings. The molecule has 0 aliphatic carbocycles. The molecule has 1 aromatic heterocycles. The van der Waals surface area contributed by atoms with Gasteiger partial charge in [0.05, 0.1) is 4.88 Å². The number of nitrogens with one attached hydrogen (secondary N) is 1. The predicted molar refractivity (Wildman–Crippen MR) is 92.0 cm³/mol. The van der Waals surface area contributed by atoms with Gasteiger partial charge >= 0.3 is 5.97 Å². The van der Waals surface area contributed by atoms with E-state index in [1.807, 2.05) is 17.9 Å². The van der Waals surface area contributed by atoms with Crippen LogP contribution in [0.3, 0.4) is 0 Å². The SMILES string of the molecule is CCC1CCCCN1C(=O)COC(=O)CNC(=O)c1ccc(C)s1. The van der Waals surface area contributed by atoms with Crippen LogP contribution >= 0.6 is 11.3 Å². The van der Waals surface area contributed by atoms with Crippen LogP contribution in [0, 0.1) is 6.92 Å². The van der Waals surface area contributed by atoms with E-state index in [0.29, 0.717) is 4.88 Å². The summed E-state index contributed by atoms with van der Waals surface area (Å²) in [6.45, 7) is 4.20. The number of likely N-dealkylation sites (tertiary alicyclic amines) is 1. The second kappa shape index (κ2) is 8.82. The summed E-state index contributed by atoms with van der Waals surface area (Å²) in [6, 6.07) is 3.80. The van der Waals surface area contributed by atoms with Crippen LogP contribution in [0.1, 0.15) is 47.2 Å². The number of aryl methyl sites for hydroxylation is 1. The summed E-state index contributed by atoms with van der Waals surface area (Å²) in [5, 5.41) is 2.51. The van der Waals surface area contributed by atoms with Gasteiger partial charge in [-0.05, 0) is 44.7 Å². The topological polar surface area (TPSA) is 75.7 Å². The maximum Gasteiger partial charge on any atom is 0.325 e. The average Bonchev–Trinajstić information content (AvgIpc) is 3.04. The van der Waals surface area contributed by atoms with Crippen molar-refractivity contribution in [3.8, 4) is 0 Å². The maximum atomic E-state index is 12.2. The summed E-state index contributed by atoms with van der Waals surface area (Å²) < 4.78 is 5.00. The minimum Gasteiger partial charge on any atom is -0.454 e. The third-order valence-electron chi connectivity index (χ3n) is 4.13. The number of ether oxygens (including phenoxy) is 1. The van der Waals surface area contributed by atoms with Crippen molar-refractivity contribution >= 4 is 29.1 Å². The zero-order valence-corrected chi connectivity index (χ0v) is 15.0. The molecular formula is C17H24N2O4S. The fraction of sp³-hybridized carbons (Fsp3) is 0.588. The minimum absolute atomic E-state index is 0.157. The summed E-state index contributed by atoms with van der Waals surface area (Å²) in [5.41, 5.74) is 0. The second-order valence-electron chi connectivity index (χ2n) is 5.90. The summed E-state index contributed by atoms with van der Waals surface area (Å²) in [5.74, 6) is -1.07. The van der Waals surface area contributed by atoms with E-state index in [9.17, 15) is 14.4 Å². The first-order valence-corrected chi connectivity index (χ1v) is 9.12. The first-order valence-electron chi connectivity index (χ1n) is 8.31. The van der Waals surface area contributed by atoms with Gasteiger partial charge in [0, 0.05) is 17.5 Å². The Morgan fingerprint density at radius 3 is 2.79 bits per heavy atom. The molecule has 1 saturated heterocycles. The number of carbonyl (C=O) groups excluding carboxylic acids is 3. The fourth-order valence-electron chi connectivity index (χ4n) is 2.83. The Balaban J connectivity index is 1.72. The molecule has 6 nitrogen and oxygen atoms in total. The number of esters is 1. The van der Waals surface area contributed by atoms with Gasteiger partial charge in [0.25, 0.3) is 11.8 Å². The van der Waals surface area contributed by atoms with E-state index in [1.165, 1.54) is 11.3 Å². The lowest BCUT2D eigenvalue weighted by molar-refractivity contribution is -0.152. The summed E-state index contributed by atoms with van der Waals surface area (Å²) in [4.78, 5) is 39.2. The molecule has 1 aliphatic rings. The smallest absolute Gasteiger partial charge is 0.325 e. The lowest BCUT2D eigenvalue weighted by atomic mass is 10.00. The van der Waals surface area contributed by atoms with E-state index < -0.39 is 5.97 Å². The number of rotatable bonds is 6. The molecule has 0 spiro atoms. The number of piperidine rings is 1. The monoisotopic (exact) mass is 352 g/mol. The molecule has 1 unspecified atom stereocenters. The van der Waals surface area contributed by atoms with Crippen LogP contribution in [0.15, 0.2) is 12.1 Å². The van der Waals surface area contributed by atoms with Crippen LogP contribution < -0.4 is 5.32 Å². The largest absolute Gasteiger partial charge is 0.454 e. The Morgan fingerprint density at radius 2 is 2.12 bits per heavy atom. The number of thiophene rings is 1. The fourth-order valence-corrected chi connectivity index (χ4v) is 3.61. The zero-order chi connectivity index (χ0) is 17.5. The number of hydrogen-bond acceptors (Lipinski definition) is 5. The number of amides is 2. The van der Waals surface area contributed by atoms with E-state index in [-0.39, 0.29) is 31.0 Å². The Hall–Kier alpha value is -1.89. The highest BCUT2D eigenvalue weighted by atomic mass is 32.1. The van der Waals surface area contributed by atoms with Crippen molar-refractivity contribution in [1.29, 1.82) is 0 Å². The lowest BCUT2D eigenvalue weighted by Crippen LogP contribution is -2.45. The van der Waals surface area contributed by atoms with Crippen molar-refractivity contribution in [2.75, 3.05) is 19.7 Å². The van der Waals surface area contributed by atoms with Crippen molar-refractivity contribution in [2.45, 2.75) is 45.6 Å². The maximum absolute atomic E-state index is 12.2. The average molecular weight is 352 g/mol. The van der Waals surface area contributed by atoms with E-state index in [0.717, 1.165) is 37.1 Å². The standard InChI is InChI=1S/C17H24N2O4S/c1-3-13-6-4-5-9-19(13)15(20)11-23-16(21)10-18-17(22)14-8-7-12(2)24-14/h7-8,13H,3-6,9-11H2,1-2H3,(H,18,22). The molecule has 0 saturated carbocycles. The normalized spacial score (nSPS) is 17.4. The first kappa shape index (κ1) is 18.4. The molecule has 2 amide bonds. The molecule has 1 aromatic rings. The number of hydrogen-bond donors (Lipinski definition) is 1. The highest BCUT2D eigenvalue weighted by molar-refractivity contribution is 7.13. The van der Waals surface area contributed by atoms with Gasteiger partial charge in [-0.3, -0.25) is 14.4 Å². The highest BCUT2D eigenvalue weighted by Crippen LogP contribution is 2.19. The third-order valence-corrected chi connectivity index (χ3v) is 5.13. The summed E-state index contributed by atoms with van der Waals surface area (Å²) in [7, 11) is 0. The van der Waals surface area contributed by atoms with Gasteiger partial charge in [-0.2, -0.15) is 0 Å². The minimum atomic E-state index is -0.602. The Morgan fingerprint density at radius 1 is 1.33 bits per heavy atom. The first-order chi connectivity index (χ1) is 11.5. The van der Waals surface area contributed by atoms with Crippen LogP contribution in [0.2, 0.25) is 0 Å². The van der Waals surface area contributed by atoms with Crippen molar-refractivity contribution in [2.24, 2.45) is 0 Å². The van der Waals surface area contributed by atoms with Crippen molar-refractivity contribution in [3.63, 3.8) is 0 Å². The summed E-state index contributed by atoms with van der Waals surface area (Å²) >= 11 is 1.36. The molecule has 24 heavy (non-hydrogen) atoms. The molecule has 2 heterocycles. The van der Waals surface area contributed by atoms with Gasteiger partial charge in [-0.25, -0.2) is 0 Å². The zero-order valence-electron chi connectivity index (χ0n) is 14.2. The second-order valence-corrected chi connectivity index (χ2v) is 7.19. The van der Waals surface area contributed by atoms with Gasteiger partial charge in [0.1, 0.15) is 6.54 Å². The number of nitrogens with zero attached hydrogens (tertiary/aromatic N) is 1. The van der Waals surface area contributed by atoms with Crippen LogP contribution in [-0.2, 0) is 14.3 Å². The van der Waals surface area contributed by atoms with Crippen molar-refractivity contribution in [3.05, 3.63) is 21.9 Å². The van der Waals surface area contributed by atoms with Crippen molar-refractivity contribution in [1.82, 2.24) is 10.2 Å². The van der Waals surface area contributed by atoms with Crippen LogP contribution in [0.25, 0.3) is 0 Å². The molecule has 1 atom stereocenters. The molecule has 0 radical (unpaired) electrons. The number of carbonyl (C=O) groups is 3. The predicted octanol–water partition coefficient (Wildman–Crippen LogP) is 2.12. The van der Waals surface area contributed by atoms with Crippen LogP contribution in [0.5, 0.6) is 0 Å². The Kier molecular flexibility index (Phi) is 6.78. The van der Waals surface area contributed by atoms with Gasteiger partial charge < -0.3 is 15.0 Å². The van der Waals surface area contributed by atoms with E-state index in [2.05, 4.69) is 12.2 Å². The molecule has 0 bridgehead atoms. The molecule has 1 aliphatic heterocycles. The van der Waals surface area contributed by atoms with E-state index in [4.69, 9.17) is 4.74 Å². The van der Waals surface area contributed by atoms with Gasteiger partial charge in [-0.1, -0.05) is 6.92 Å². The molecule has 1 N–H and O–H groups in total. The Bertz CT molecular complexity index is 599. The molecule has 132 valence electrons. The van der Waals surface area contributed by atoms with Gasteiger partial charge in [0.2, 0.25) is 0 Å². The quantitative estimate of drug-likeness (QED) is 0.796. The third kappa shape index (κ3) is 5.06. The summed E-state index contributed by atoms with van der Waals surface area (Å²) in [6.07, 6.45) is 4.05. The molecular weight excluding hydrogens is 328 g/mol. The van der Waals surface area contributed by atoms with E-state index >= 15 is 0 Å². The molecule has 0 aromatic carbocycles. The Labute approximate surface area is 146 Å². The highest BCUT2D eigenvalue weighted by Gasteiger charge is 2.25.